The van der Waals surface area contributed by atoms with Gasteiger partial charge in [-0.1, -0.05) is 60.7 Å². The van der Waals surface area contributed by atoms with Crippen molar-refractivity contribution in [3.63, 3.8) is 0 Å². The number of piperidine rings is 2. The first-order chi connectivity index (χ1) is 32.6. The highest BCUT2D eigenvalue weighted by Gasteiger charge is 2.49. The number of rotatable bonds is 10. The Labute approximate surface area is 394 Å². The number of carbonyl (C=O) groups is 2. The average Bonchev–Trinajstić information content (AvgIpc) is 3.88. The van der Waals surface area contributed by atoms with Gasteiger partial charge in [0.25, 0.3) is 0 Å². The van der Waals surface area contributed by atoms with E-state index >= 15 is 0 Å². The second kappa shape index (κ2) is 19.6. The first-order valence-electron chi connectivity index (χ1n) is 22.2. The lowest BCUT2D eigenvalue weighted by molar-refractivity contribution is -0.145. The molecule has 2 spiro atoms. The average molecular weight is 1000 g/mol. The van der Waals surface area contributed by atoms with Crippen molar-refractivity contribution in [2.24, 2.45) is 0 Å². The Balaban J connectivity index is 0.000000206. The highest BCUT2D eigenvalue weighted by molar-refractivity contribution is 5.78. The third-order valence-corrected chi connectivity index (χ3v) is 13.5. The smallest absolute Gasteiger partial charge is 0.372 e. The van der Waals surface area contributed by atoms with Crippen molar-refractivity contribution in [2.75, 3.05) is 39.4 Å². The number of amides is 4. The molecule has 4 heterocycles. The fourth-order valence-corrected chi connectivity index (χ4v) is 9.18. The summed E-state index contributed by atoms with van der Waals surface area (Å²) in [5.74, 6) is 0. The number of hydrogen-bond donors (Lipinski definition) is 6. The summed E-state index contributed by atoms with van der Waals surface area (Å²) in [4.78, 5) is 23.4. The number of hydrogen-bond acceptors (Lipinski definition) is 6. The van der Waals surface area contributed by atoms with Crippen molar-refractivity contribution >= 4 is 12.1 Å². The topological polar surface area (TPSA) is 125 Å². The summed E-state index contributed by atoms with van der Waals surface area (Å²) >= 11 is 0. The van der Waals surface area contributed by atoms with Gasteiger partial charge in [-0.05, 0) is 98.2 Å². The van der Waals surface area contributed by atoms with Crippen molar-refractivity contribution in [3.8, 4) is 0 Å². The lowest BCUT2D eigenvalue weighted by atomic mass is 9.76. The Kier molecular flexibility index (Phi) is 14.6. The Hall–Kier alpha value is -5.58. The maximum atomic E-state index is 13.3. The quantitative estimate of drug-likeness (QED) is 0.0880. The molecule has 22 heteroatoms. The number of ether oxygens (including phenoxy) is 2. The first kappa shape index (κ1) is 52.2. The van der Waals surface area contributed by atoms with Crippen LogP contribution >= 0.6 is 0 Å². The molecule has 6 atom stereocenters. The normalized spacial score (nSPS) is 25.9. The molecule has 4 amide bonds. The Bertz CT molecular complexity index is 2230. The minimum atomic E-state index is -4.93. The summed E-state index contributed by atoms with van der Waals surface area (Å²) < 4.78 is 171. The second-order valence-electron chi connectivity index (χ2n) is 18.4. The van der Waals surface area contributed by atoms with E-state index < -0.39 is 81.3 Å². The zero-order valence-electron chi connectivity index (χ0n) is 37.6. The molecular formula is C48H50F12N6O4. The van der Waals surface area contributed by atoms with Crippen LogP contribution in [0.5, 0.6) is 0 Å². The predicted molar refractivity (Wildman–Crippen MR) is 231 cm³/mol. The summed E-state index contributed by atoms with van der Waals surface area (Å²) in [6.45, 7) is 4.61. The molecule has 4 aromatic carbocycles. The summed E-state index contributed by atoms with van der Waals surface area (Å²) in [6.07, 6.45) is -19.5. The molecule has 0 saturated carbocycles. The molecule has 4 fully saturated rings. The fourth-order valence-electron chi connectivity index (χ4n) is 9.18. The van der Waals surface area contributed by atoms with Gasteiger partial charge in [-0.25, -0.2) is 9.59 Å². The van der Waals surface area contributed by atoms with E-state index in [1.54, 1.807) is 0 Å². The van der Waals surface area contributed by atoms with Gasteiger partial charge in [0.1, 0.15) is 0 Å². The van der Waals surface area contributed by atoms with Crippen molar-refractivity contribution in [2.45, 2.75) is 98.6 Å². The molecule has 10 nitrogen and oxygen atoms in total. The van der Waals surface area contributed by atoms with Crippen LogP contribution in [0, 0.1) is 0 Å². The molecule has 0 unspecified atom stereocenters. The molecule has 4 aromatic rings. The van der Waals surface area contributed by atoms with Gasteiger partial charge in [-0.2, -0.15) is 52.7 Å². The monoisotopic (exact) mass is 1000 g/mol. The number of carbonyl (C=O) groups excluding carboxylic acids is 2. The predicted octanol–water partition coefficient (Wildman–Crippen LogP) is 10.3. The molecular weight excluding hydrogens is 953 g/mol. The van der Waals surface area contributed by atoms with Crippen molar-refractivity contribution in [1.29, 1.82) is 0 Å². The minimum Gasteiger partial charge on any atom is -0.372 e. The van der Waals surface area contributed by atoms with Crippen LogP contribution in [-0.4, -0.2) is 62.5 Å². The van der Waals surface area contributed by atoms with Crippen molar-refractivity contribution in [3.05, 3.63) is 142 Å². The zero-order valence-corrected chi connectivity index (χ0v) is 37.6. The Morgan fingerprint density at radius 2 is 0.786 bits per heavy atom. The first-order valence-corrected chi connectivity index (χ1v) is 22.2. The molecule has 380 valence electrons. The number of benzene rings is 4. The molecule has 4 aliphatic heterocycles. The SMILES string of the molecule is C[C@@H](OC[C@@]1(c2ccccc2)CC[C@@]2(CNC(=O)N2)CN1)c1cc(C(F)(F)F)cc(C(F)(F)F)c1.C[C@@H](OC[C@@]1(c2ccccc2)CC[C@]2(CNC(=O)N2)CN1)c1cc(C(F)(F)F)cc(C(F)(F)F)c1. The molecule has 0 radical (unpaired) electrons. The molecule has 8 rings (SSSR count). The molecule has 4 saturated heterocycles. The standard InChI is InChI=1S/2C24H25F6N3O2/c2*1-15(16-9-18(23(25,26)27)11-19(10-16)24(28,29)30)35-14-22(17-5-3-2-4-6-17)8-7-21(13-32-22)12-31-20(34)33-21/h2*2-6,9-11,15,32H,7-8,12-14H2,1H3,(H2,31,33,34)/t15-,21+,22-;15-,21-,22-/m11/s1. The largest absolute Gasteiger partial charge is 0.416 e. The van der Waals surface area contributed by atoms with Gasteiger partial charge in [0.15, 0.2) is 0 Å². The van der Waals surface area contributed by atoms with E-state index in [-0.39, 0.29) is 48.5 Å². The van der Waals surface area contributed by atoms with E-state index in [0.717, 1.165) is 11.1 Å². The molecule has 0 aromatic heterocycles. The summed E-state index contributed by atoms with van der Waals surface area (Å²) in [7, 11) is 0. The molecule has 0 bridgehead atoms. The van der Waals surface area contributed by atoms with E-state index in [2.05, 4.69) is 31.9 Å². The minimum absolute atomic E-state index is 0.00717. The van der Waals surface area contributed by atoms with Crippen LogP contribution < -0.4 is 31.9 Å². The fraction of sp³-hybridized carbons (Fsp3) is 0.458. The van der Waals surface area contributed by atoms with E-state index in [9.17, 15) is 62.3 Å². The number of urea groups is 2. The van der Waals surface area contributed by atoms with Crippen molar-refractivity contribution < 1.29 is 71.7 Å². The number of nitrogens with one attached hydrogen (secondary N) is 6. The Morgan fingerprint density at radius 1 is 0.471 bits per heavy atom. The zero-order chi connectivity index (χ0) is 51.0. The van der Waals surface area contributed by atoms with Gasteiger partial charge in [0.2, 0.25) is 0 Å². The summed E-state index contributed by atoms with van der Waals surface area (Å²) in [5, 5.41) is 18.2. The van der Waals surface area contributed by atoms with Crippen LogP contribution in [0.3, 0.4) is 0 Å². The van der Waals surface area contributed by atoms with Gasteiger partial charge >= 0.3 is 36.8 Å². The number of alkyl halides is 12. The van der Waals surface area contributed by atoms with E-state index in [0.29, 0.717) is 76.1 Å². The number of halogens is 12. The molecule has 0 aliphatic carbocycles. The van der Waals surface area contributed by atoms with Crippen LogP contribution in [0.2, 0.25) is 0 Å². The van der Waals surface area contributed by atoms with Gasteiger partial charge in [-0.15, -0.1) is 0 Å². The molecule has 6 N–H and O–H groups in total. The van der Waals surface area contributed by atoms with Crippen LogP contribution in [0.4, 0.5) is 62.3 Å². The van der Waals surface area contributed by atoms with Crippen LogP contribution in [0.1, 0.15) is 96.2 Å². The Morgan fingerprint density at radius 3 is 1.03 bits per heavy atom. The van der Waals surface area contributed by atoms with Gasteiger partial charge in [0.05, 0.1) is 69.8 Å². The highest BCUT2D eigenvalue weighted by Crippen LogP contribution is 2.42. The van der Waals surface area contributed by atoms with Gasteiger partial charge < -0.3 is 41.4 Å². The van der Waals surface area contributed by atoms with E-state index in [4.69, 9.17) is 9.47 Å². The van der Waals surface area contributed by atoms with Crippen LogP contribution in [-0.2, 0) is 45.3 Å². The van der Waals surface area contributed by atoms with Crippen LogP contribution in [0.25, 0.3) is 0 Å². The molecule has 4 aliphatic rings. The van der Waals surface area contributed by atoms with Gasteiger partial charge in [-0.3, -0.25) is 0 Å². The highest BCUT2D eigenvalue weighted by atomic mass is 19.4. The van der Waals surface area contributed by atoms with Crippen LogP contribution in [0.15, 0.2) is 97.1 Å². The maximum absolute atomic E-state index is 13.3. The van der Waals surface area contributed by atoms with E-state index in [1.807, 2.05) is 60.7 Å². The molecule has 70 heavy (non-hydrogen) atoms. The maximum Gasteiger partial charge on any atom is 0.416 e. The van der Waals surface area contributed by atoms with E-state index in [1.165, 1.54) is 13.8 Å². The second-order valence-corrected chi connectivity index (χ2v) is 18.4. The lowest BCUT2D eigenvalue weighted by Gasteiger charge is -2.46. The van der Waals surface area contributed by atoms with Gasteiger partial charge in [0, 0.05) is 26.2 Å². The third-order valence-electron chi connectivity index (χ3n) is 13.5. The summed E-state index contributed by atoms with van der Waals surface area (Å²) in [5.41, 5.74) is -6.59. The lowest BCUT2D eigenvalue weighted by Crippen LogP contribution is -2.63. The third kappa shape index (κ3) is 11.9. The summed E-state index contributed by atoms with van der Waals surface area (Å²) in [6, 6.07) is 21.1. The van der Waals surface area contributed by atoms with Crippen molar-refractivity contribution in [1.82, 2.24) is 31.9 Å².